The van der Waals surface area contributed by atoms with Crippen molar-refractivity contribution >= 4 is 35.3 Å². The molecule has 0 aliphatic rings. The van der Waals surface area contributed by atoms with Gasteiger partial charge < -0.3 is 15.4 Å². The van der Waals surface area contributed by atoms with E-state index in [1.54, 1.807) is 24.3 Å². The number of hydrogen-bond donors (Lipinski definition) is 3. The van der Waals surface area contributed by atoms with Crippen LogP contribution >= 0.6 is 0 Å². The maximum atomic E-state index is 13.6. The van der Waals surface area contributed by atoms with E-state index < -0.39 is 17.6 Å². The first kappa shape index (κ1) is 24.1. The molecular formula is C25H23FN4O4. The Morgan fingerprint density at radius 3 is 2.47 bits per heavy atom. The van der Waals surface area contributed by atoms with Crippen LogP contribution in [0.1, 0.15) is 16.7 Å². The molecule has 0 unspecified atom stereocenters. The van der Waals surface area contributed by atoms with Gasteiger partial charge in [0, 0.05) is 5.69 Å². The molecule has 3 aromatic carbocycles. The molecule has 9 heteroatoms. The van der Waals surface area contributed by atoms with Crippen LogP contribution < -0.4 is 20.8 Å². The third kappa shape index (κ3) is 6.99. The zero-order valence-electron chi connectivity index (χ0n) is 18.6. The van der Waals surface area contributed by atoms with Gasteiger partial charge in [0.15, 0.2) is 6.61 Å². The summed E-state index contributed by atoms with van der Waals surface area (Å²) in [6.45, 7) is 3.76. The van der Waals surface area contributed by atoms with Crippen molar-refractivity contribution in [3.63, 3.8) is 0 Å². The molecular weight excluding hydrogens is 439 g/mol. The molecule has 3 N–H and O–H groups in total. The van der Waals surface area contributed by atoms with Crippen LogP contribution in [0.15, 0.2) is 71.8 Å². The van der Waals surface area contributed by atoms with Crippen LogP contribution in [0.4, 0.5) is 15.8 Å². The van der Waals surface area contributed by atoms with Crippen molar-refractivity contribution in [3.8, 4) is 5.75 Å². The average molecular weight is 462 g/mol. The Kier molecular flexibility index (Phi) is 8.07. The quantitative estimate of drug-likeness (QED) is 0.283. The molecule has 0 radical (unpaired) electrons. The number of nitrogens with zero attached hydrogens (tertiary/aromatic N) is 1. The number of amides is 3. The summed E-state index contributed by atoms with van der Waals surface area (Å²) in [5, 5.41) is 8.65. The standard InChI is InChI=1S/C25H23FN4O4/c1-16-10-11-19(12-17(16)2)28-23(31)15-34-20-7-5-6-18(13-20)14-27-30-25(33)24(32)29-22-9-4-3-8-21(22)26/h3-14H,15H2,1-2H3,(H,28,31)(H,29,32)(H,30,33)/b27-14-. The van der Waals surface area contributed by atoms with Crippen molar-refractivity contribution in [2.75, 3.05) is 17.2 Å². The van der Waals surface area contributed by atoms with Crippen LogP contribution in [0.2, 0.25) is 0 Å². The molecule has 34 heavy (non-hydrogen) atoms. The fraction of sp³-hybridized carbons (Fsp3) is 0.120. The second kappa shape index (κ2) is 11.4. The fourth-order valence-corrected chi connectivity index (χ4v) is 2.81. The lowest BCUT2D eigenvalue weighted by molar-refractivity contribution is -0.136. The summed E-state index contributed by atoms with van der Waals surface area (Å²) in [5.41, 5.74) is 5.40. The minimum Gasteiger partial charge on any atom is -0.484 e. The summed E-state index contributed by atoms with van der Waals surface area (Å²) in [6, 6.07) is 17.8. The summed E-state index contributed by atoms with van der Waals surface area (Å²) in [6.07, 6.45) is 1.30. The molecule has 0 saturated carbocycles. The SMILES string of the molecule is Cc1ccc(NC(=O)COc2cccc(/C=N\NC(=O)C(=O)Nc3ccccc3F)c2)cc1C. The zero-order valence-corrected chi connectivity index (χ0v) is 18.6. The van der Waals surface area contributed by atoms with Crippen molar-refractivity contribution in [1.29, 1.82) is 0 Å². The molecule has 0 bridgehead atoms. The first-order valence-electron chi connectivity index (χ1n) is 10.3. The number of hydrazone groups is 1. The van der Waals surface area contributed by atoms with Gasteiger partial charge in [-0.15, -0.1) is 0 Å². The van der Waals surface area contributed by atoms with E-state index in [0.717, 1.165) is 17.2 Å². The van der Waals surface area contributed by atoms with Crippen LogP contribution in [0.5, 0.6) is 5.75 Å². The topological polar surface area (TPSA) is 109 Å². The Hall–Kier alpha value is -4.53. The van der Waals surface area contributed by atoms with Gasteiger partial charge in [0.2, 0.25) is 0 Å². The van der Waals surface area contributed by atoms with Crippen molar-refractivity contribution in [3.05, 3.63) is 89.2 Å². The number of carbonyl (C=O) groups excluding carboxylic acids is 3. The molecule has 0 fully saturated rings. The highest BCUT2D eigenvalue weighted by Crippen LogP contribution is 2.15. The van der Waals surface area contributed by atoms with Crippen LogP contribution in [0.3, 0.4) is 0 Å². The van der Waals surface area contributed by atoms with E-state index in [9.17, 15) is 18.8 Å². The van der Waals surface area contributed by atoms with E-state index in [0.29, 0.717) is 17.0 Å². The Labute approximate surface area is 195 Å². The Morgan fingerprint density at radius 1 is 0.912 bits per heavy atom. The van der Waals surface area contributed by atoms with Crippen LogP contribution in [-0.2, 0) is 14.4 Å². The van der Waals surface area contributed by atoms with E-state index in [1.165, 1.54) is 24.4 Å². The number of hydrogen-bond acceptors (Lipinski definition) is 5. The van der Waals surface area contributed by atoms with Crippen molar-refractivity contribution in [2.24, 2.45) is 5.10 Å². The van der Waals surface area contributed by atoms with Gasteiger partial charge in [0.1, 0.15) is 11.6 Å². The molecule has 8 nitrogen and oxygen atoms in total. The van der Waals surface area contributed by atoms with Crippen LogP contribution in [0, 0.1) is 19.7 Å². The zero-order chi connectivity index (χ0) is 24.5. The lowest BCUT2D eigenvalue weighted by atomic mass is 10.1. The minimum absolute atomic E-state index is 0.113. The first-order valence-corrected chi connectivity index (χ1v) is 10.3. The number of aryl methyl sites for hydroxylation is 2. The summed E-state index contributed by atoms with van der Waals surface area (Å²) in [5.74, 6) is -2.67. The van der Waals surface area contributed by atoms with Crippen LogP contribution in [-0.4, -0.2) is 30.5 Å². The van der Waals surface area contributed by atoms with E-state index in [2.05, 4.69) is 21.2 Å². The van der Waals surface area contributed by atoms with Gasteiger partial charge in [-0.05, 0) is 66.9 Å². The number of benzene rings is 3. The highest BCUT2D eigenvalue weighted by molar-refractivity contribution is 6.39. The summed E-state index contributed by atoms with van der Waals surface area (Å²) >= 11 is 0. The van der Waals surface area contributed by atoms with Gasteiger partial charge in [0.05, 0.1) is 11.9 Å². The molecule has 0 aromatic heterocycles. The number of halogens is 1. The molecule has 3 aromatic rings. The second-order valence-corrected chi connectivity index (χ2v) is 7.34. The monoisotopic (exact) mass is 462 g/mol. The smallest absolute Gasteiger partial charge is 0.329 e. The number of ether oxygens (including phenoxy) is 1. The Morgan fingerprint density at radius 2 is 1.71 bits per heavy atom. The fourth-order valence-electron chi connectivity index (χ4n) is 2.81. The normalized spacial score (nSPS) is 10.6. The van der Waals surface area contributed by atoms with Gasteiger partial charge in [-0.25, -0.2) is 9.82 Å². The number of carbonyl (C=O) groups is 3. The van der Waals surface area contributed by atoms with Gasteiger partial charge in [-0.2, -0.15) is 5.10 Å². The summed E-state index contributed by atoms with van der Waals surface area (Å²) in [4.78, 5) is 35.9. The highest BCUT2D eigenvalue weighted by Gasteiger charge is 2.14. The third-order valence-electron chi connectivity index (χ3n) is 4.73. The molecule has 0 aliphatic carbocycles. The molecule has 3 rings (SSSR count). The maximum Gasteiger partial charge on any atom is 0.329 e. The van der Waals surface area contributed by atoms with E-state index in [1.807, 2.05) is 32.0 Å². The second-order valence-electron chi connectivity index (χ2n) is 7.34. The molecule has 0 atom stereocenters. The summed E-state index contributed by atoms with van der Waals surface area (Å²) < 4.78 is 19.1. The molecule has 0 heterocycles. The third-order valence-corrected chi connectivity index (χ3v) is 4.73. The predicted octanol–water partition coefficient (Wildman–Crippen LogP) is 3.55. The van der Waals surface area contributed by atoms with Gasteiger partial charge >= 0.3 is 11.8 Å². The molecule has 0 spiro atoms. The minimum atomic E-state index is -1.06. The van der Waals surface area contributed by atoms with Gasteiger partial charge in [-0.1, -0.05) is 30.3 Å². The molecule has 0 saturated heterocycles. The first-order chi connectivity index (χ1) is 16.3. The number of rotatable bonds is 7. The highest BCUT2D eigenvalue weighted by atomic mass is 19.1. The lowest BCUT2D eigenvalue weighted by Crippen LogP contribution is -2.32. The molecule has 174 valence electrons. The Bertz CT molecular complexity index is 1240. The van der Waals surface area contributed by atoms with Crippen molar-refractivity contribution in [1.82, 2.24) is 5.43 Å². The van der Waals surface area contributed by atoms with Crippen molar-refractivity contribution in [2.45, 2.75) is 13.8 Å². The average Bonchev–Trinajstić information content (AvgIpc) is 2.82. The van der Waals surface area contributed by atoms with Gasteiger partial charge in [0.25, 0.3) is 5.91 Å². The maximum absolute atomic E-state index is 13.6. The molecule has 3 amide bonds. The number of nitrogens with one attached hydrogen (secondary N) is 3. The van der Waals surface area contributed by atoms with Crippen molar-refractivity contribution < 1.29 is 23.5 Å². The van der Waals surface area contributed by atoms with Gasteiger partial charge in [-0.3, -0.25) is 14.4 Å². The largest absolute Gasteiger partial charge is 0.484 e. The van der Waals surface area contributed by atoms with E-state index >= 15 is 0 Å². The molecule has 0 aliphatic heterocycles. The Balaban J connectivity index is 1.49. The summed E-state index contributed by atoms with van der Waals surface area (Å²) in [7, 11) is 0. The number of anilines is 2. The van der Waals surface area contributed by atoms with E-state index in [-0.39, 0.29) is 18.2 Å². The lowest BCUT2D eigenvalue weighted by Gasteiger charge is -2.09. The predicted molar refractivity (Wildman–Crippen MR) is 127 cm³/mol. The van der Waals surface area contributed by atoms with E-state index in [4.69, 9.17) is 4.74 Å². The van der Waals surface area contributed by atoms with Crippen LogP contribution in [0.25, 0.3) is 0 Å². The number of para-hydroxylation sites is 1.